The van der Waals surface area contributed by atoms with Crippen LogP contribution in [0, 0.1) is 11.3 Å². The highest BCUT2D eigenvalue weighted by atomic mass is 16.5. The van der Waals surface area contributed by atoms with E-state index >= 15 is 0 Å². The van der Waals surface area contributed by atoms with Crippen molar-refractivity contribution in [1.29, 1.82) is 5.26 Å². The predicted molar refractivity (Wildman–Crippen MR) is 69.7 cm³/mol. The van der Waals surface area contributed by atoms with Gasteiger partial charge in [0.2, 0.25) is 0 Å². The lowest BCUT2D eigenvalue weighted by atomic mass is 10.1. The molecule has 4 nitrogen and oxygen atoms in total. The highest BCUT2D eigenvalue weighted by Gasteiger charge is 2.04. The number of aromatic amines is 1. The first-order valence-electron chi connectivity index (χ1n) is 5.90. The van der Waals surface area contributed by atoms with Crippen LogP contribution in [0.25, 0.3) is 10.9 Å². The first-order valence-corrected chi connectivity index (χ1v) is 5.90. The second-order valence-corrected chi connectivity index (χ2v) is 3.96. The molecular formula is C14H14N2O2. The fourth-order valence-corrected chi connectivity index (χ4v) is 1.86. The Kier molecular flexibility index (Phi) is 3.63. The van der Waals surface area contributed by atoms with E-state index in [2.05, 4.69) is 4.98 Å². The average molecular weight is 242 g/mol. The third-order valence-corrected chi connectivity index (χ3v) is 2.71. The molecule has 0 unspecified atom stereocenters. The van der Waals surface area contributed by atoms with Gasteiger partial charge in [-0.2, -0.15) is 5.26 Å². The molecular weight excluding hydrogens is 228 g/mol. The predicted octanol–water partition coefficient (Wildman–Crippen LogP) is 2.38. The van der Waals surface area contributed by atoms with Gasteiger partial charge in [0, 0.05) is 22.9 Å². The van der Waals surface area contributed by atoms with Gasteiger partial charge in [-0.15, -0.1) is 0 Å². The number of rotatable bonds is 4. The van der Waals surface area contributed by atoms with Crippen LogP contribution in [0.15, 0.2) is 29.1 Å². The zero-order chi connectivity index (χ0) is 13.0. The van der Waals surface area contributed by atoms with Crippen LogP contribution in [0.1, 0.15) is 18.9 Å². The Morgan fingerprint density at radius 3 is 2.94 bits per heavy atom. The summed E-state index contributed by atoms with van der Waals surface area (Å²) in [5.74, 6) is 0.781. The van der Waals surface area contributed by atoms with Gasteiger partial charge in [0.05, 0.1) is 12.7 Å². The summed E-state index contributed by atoms with van der Waals surface area (Å²) in [7, 11) is 0. The molecule has 0 saturated heterocycles. The zero-order valence-corrected chi connectivity index (χ0v) is 10.2. The van der Waals surface area contributed by atoms with Gasteiger partial charge in [0.15, 0.2) is 0 Å². The van der Waals surface area contributed by atoms with Crippen molar-refractivity contribution in [2.24, 2.45) is 0 Å². The first kappa shape index (κ1) is 12.2. The third kappa shape index (κ3) is 2.51. The molecule has 0 bridgehead atoms. The van der Waals surface area contributed by atoms with Crippen LogP contribution in [-0.2, 0) is 6.42 Å². The minimum atomic E-state index is -0.123. The summed E-state index contributed by atoms with van der Waals surface area (Å²) >= 11 is 0. The Hall–Kier alpha value is -2.28. The first-order chi connectivity index (χ1) is 8.74. The lowest BCUT2D eigenvalue weighted by Crippen LogP contribution is -2.12. The smallest absolute Gasteiger partial charge is 0.251 e. The van der Waals surface area contributed by atoms with Crippen LogP contribution < -0.4 is 10.3 Å². The van der Waals surface area contributed by atoms with Crippen molar-refractivity contribution in [3.05, 3.63) is 40.2 Å². The number of aryl methyl sites for hydroxylation is 1. The molecule has 0 aliphatic carbocycles. The summed E-state index contributed by atoms with van der Waals surface area (Å²) < 4.78 is 5.42. The summed E-state index contributed by atoms with van der Waals surface area (Å²) in [5, 5.41) is 9.49. The largest absolute Gasteiger partial charge is 0.494 e. The highest BCUT2D eigenvalue weighted by molar-refractivity contribution is 5.80. The molecule has 0 fully saturated rings. The van der Waals surface area contributed by atoms with Gasteiger partial charge >= 0.3 is 0 Å². The molecule has 0 aliphatic rings. The van der Waals surface area contributed by atoms with Gasteiger partial charge < -0.3 is 9.72 Å². The fraction of sp³-hybridized carbons (Fsp3) is 0.286. The molecule has 0 aliphatic heterocycles. The lowest BCUT2D eigenvalue weighted by Gasteiger charge is -2.05. The van der Waals surface area contributed by atoms with E-state index in [4.69, 9.17) is 10.00 Å². The summed E-state index contributed by atoms with van der Waals surface area (Å²) in [4.78, 5) is 14.6. The van der Waals surface area contributed by atoms with Crippen molar-refractivity contribution in [1.82, 2.24) is 4.98 Å². The Morgan fingerprint density at radius 1 is 1.39 bits per heavy atom. The molecule has 0 radical (unpaired) electrons. The van der Waals surface area contributed by atoms with E-state index in [0.717, 1.165) is 16.7 Å². The number of hydrogen-bond donors (Lipinski definition) is 1. The maximum atomic E-state index is 11.8. The molecule has 1 heterocycles. The van der Waals surface area contributed by atoms with Gasteiger partial charge in [-0.05, 0) is 37.6 Å². The van der Waals surface area contributed by atoms with E-state index < -0.39 is 0 Å². The Bertz CT molecular complexity index is 653. The van der Waals surface area contributed by atoms with E-state index in [1.807, 2.05) is 37.3 Å². The van der Waals surface area contributed by atoms with Crippen LogP contribution in [0.5, 0.6) is 5.75 Å². The average Bonchev–Trinajstić information content (AvgIpc) is 2.37. The number of hydrogen-bond acceptors (Lipinski definition) is 3. The molecule has 0 saturated carbocycles. The minimum Gasteiger partial charge on any atom is -0.494 e. The van der Waals surface area contributed by atoms with E-state index in [0.29, 0.717) is 25.0 Å². The molecule has 2 aromatic rings. The lowest BCUT2D eigenvalue weighted by molar-refractivity contribution is 0.340. The number of aromatic nitrogens is 1. The van der Waals surface area contributed by atoms with Crippen LogP contribution in [0.2, 0.25) is 0 Å². The number of nitriles is 1. The summed E-state index contributed by atoms with van der Waals surface area (Å²) in [6.07, 6.45) is 0.820. The number of nitrogens with zero attached hydrogens (tertiary/aromatic N) is 1. The van der Waals surface area contributed by atoms with E-state index in [1.165, 1.54) is 0 Å². The van der Waals surface area contributed by atoms with Gasteiger partial charge in [0.1, 0.15) is 5.75 Å². The molecule has 1 aromatic heterocycles. The number of pyridine rings is 1. The van der Waals surface area contributed by atoms with Gasteiger partial charge in [-0.1, -0.05) is 0 Å². The van der Waals surface area contributed by atoms with Crippen molar-refractivity contribution < 1.29 is 4.74 Å². The van der Waals surface area contributed by atoms with Crippen molar-refractivity contribution in [3.63, 3.8) is 0 Å². The monoisotopic (exact) mass is 242 g/mol. The standard InChI is InChI=1S/C14H14N2O2/c1-2-18-12-5-6-13-11(9-12)8-10(4-3-7-15)14(17)16-13/h5-6,8-9H,2-4H2,1H3,(H,16,17). The molecule has 1 N–H and O–H groups in total. The van der Waals surface area contributed by atoms with Gasteiger partial charge in [0.25, 0.3) is 5.56 Å². The fourth-order valence-electron chi connectivity index (χ4n) is 1.86. The number of H-pyrrole nitrogens is 1. The third-order valence-electron chi connectivity index (χ3n) is 2.71. The van der Waals surface area contributed by atoms with Crippen LogP contribution in [0.3, 0.4) is 0 Å². The molecule has 0 spiro atoms. The second-order valence-electron chi connectivity index (χ2n) is 3.96. The van der Waals surface area contributed by atoms with Crippen LogP contribution in [-0.4, -0.2) is 11.6 Å². The molecule has 4 heteroatoms. The normalized spacial score (nSPS) is 10.2. The summed E-state index contributed by atoms with van der Waals surface area (Å²) in [5.41, 5.74) is 1.30. The van der Waals surface area contributed by atoms with E-state index in [-0.39, 0.29) is 5.56 Å². The second kappa shape index (κ2) is 5.37. The van der Waals surface area contributed by atoms with Crippen molar-refractivity contribution >= 4 is 10.9 Å². The molecule has 0 amide bonds. The topological polar surface area (TPSA) is 65.9 Å². The summed E-state index contributed by atoms with van der Waals surface area (Å²) in [6.45, 7) is 2.53. The number of nitrogens with one attached hydrogen (secondary N) is 1. The Morgan fingerprint density at radius 2 is 2.22 bits per heavy atom. The Labute approximate surface area is 105 Å². The van der Waals surface area contributed by atoms with E-state index in [9.17, 15) is 4.79 Å². The van der Waals surface area contributed by atoms with Gasteiger partial charge in [-0.25, -0.2) is 0 Å². The molecule has 2 rings (SSSR count). The van der Waals surface area contributed by atoms with Crippen molar-refractivity contribution in [3.8, 4) is 11.8 Å². The number of benzene rings is 1. The van der Waals surface area contributed by atoms with Gasteiger partial charge in [-0.3, -0.25) is 4.79 Å². The quantitative estimate of drug-likeness (QED) is 0.895. The van der Waals surface area contributed by atoms with Crippen molar-refractivity contribution in [2.75, 3.05) is 6.61 Å². The van der Waals surface area contributed by atoms with Crippen molar-refractivity contribution in [2.45, 2.75) is 19.8 Å². The Balaban J connectivity index is 2.46. The molecule has 1 aromatic carbocycles. The minimum absolute atomic E-state index is 0.123. The maximum absolute atomic E-state index is 11.8. The SMILES string of the molecule is CCOc1ccc2[nH]c(=O)c(CCC#N)cc2c1. The van der Waals surface area contributed by atoms with E-state index in [1.54, 1.807) is 0 Å². The summed E-state index contributed by atoms with van der Waals surface area (Å²) in [6, 6.07) is 9.43. The molecule has 92 valence electrons. The number of fused-ring (bicyclic) bond motifs is 1. The zero-order valence-electron chi connectivity index (χ0n) is 10.2. The number of ether oxygens (including phenoxy) is 1. The molecule has 18 heavy (non-hydrogen) atoms. The van der Waals surface area contributed by atoms with Crippen LogP contribution in [0.4, 0.5) is 0 Å². The maximum Gasteiger partial charge on any atom is 0.251 e. The van der Waals surface area contributed by atoms with Crippen LogP contribution >= 0.6 is 0 Å². The molecule has 0 atom stereocenters. The highest BCUT2D eigenvalue weighted by Crippen LogP contribution is 2.19.